The van der Waals surface area contributed by atoms with Crippen molar-refractivity contribution in [1.82, 2.24) is 20.2 Å². The highest BCUT2D eigenvalue weighted by atomic mass is 32.1. The topological polar surface area (TPSA) is 66.5 Å². The molecule has 0 radical (unpaired) electrons. The number of H-pyrrole nitrogens is 1. The Morgan fingerprint density at radius 3 is 2.78 bits per heavy atom. The van der Waals surface area contributed by atoms with Gasteiger partial charge in [-0.3, -0.25) is 5.10 Å². The molecule has 7 heteroatoms. The third kappa shape index (κ3) is 2.88. The highest BCUT2D eigenvalue weighted by Gasteiger charge is 2.41. The predicted octanol–water partition coefficient (Wildman–Crippen LogP) is 5.24. The van der Waals surface area contributed by atoms with Crippen LogP contribution in [-0.4, -0.2) is 25.7 Å². The molecule has 0 spiro atoms. The Kier molecular flexibility index (Phi) is 3.72. The summed E-state index contributed by atoms with van der Waals surface area (Å²) in [6.07, 6.45) is 5.17. The Morgan fingerprint density at radius 2 is 2.00 bits per heavy atom. The van der Waals surface area contributed by atoms with Gasteiger partial charge in [0.15, 0.2) is 5.13 Å². The first-order chi connectivity index (χ1) is 13.2. The van der Waals surface area contributed by atoms with Crippen molar-refractivity contribution in [3.05, 3.63) is 48.4 Å². The molecule has 3 aromatic heterocycles. The maximum atomic E-state index is 14.2. The third-order valence-electron chi connectivity index (χ3n) is 5.22. The van der Waals surface area contributed by atoms with Crippen molar-refractivity contribution in [1.29, 1.82) is 0 Å². The van der Waals surface area contributed by atoms with Crippen molar-refractivity contribution in [2.75, 3.05) is 5.32 Å². The molecule has 0 amide bonds. The summed E-state index contributed by atoms with van der Waals surface area (Å²) in [6, 6.07) is 10.5. The summed E-state index contributed by atoms with van der Waals surface area (Å²) in [5.41, 5.74) is 3.73. The summed E-state index contributed by atoms with van der Waals surface area (Å²) in [7, 11) is 0. The van der Waals surface area contributed by atoms with E-state index in [2.05, 4.69) is 27.4 Å². The number of aromatic nitrogens is 4. The number of rotatable bonds is 5. The van der Waals surface area contributed by atoms with E-state index in [1.807, 2.05) is 18.2 Å². The summed E-state index contributed by atoms with van der Waals surface area (Å²) in [6.45, 7) is 2.20. The van der Waals surface area contributed by atoms with Gasteiger partial charge in [-0.05, 0) is 43.5 Å². The fraction of sp³-hybridized carbons (Fsp3) is 0.250. The first-order valence-electron chi connectivity index (χ1n) is 9.02. The first-order valence-corrected chi connectivity index (χ1v) is 9.83. The minimum absolute atomic E-state index is 0.221. The number of halogens is 1. The van der Waals surface area contributed by atoms with Crippen LogP contribution in [0.3, 0.4) is 0 Å². The number of pyridine rings is 1. The molecule has 1 fully saturated rings. The van der Waals surface area contributed by atoms with Crippen molar-refractivity contribution >= 4 is 26.8 Å². The molecule has 1 aliphatic carbocycles. The molecule has 2 N–H and O–H groups in total. The van der Waals surface area contributed by atoms with E-state index in [1.165, 1.54) is 18.9 Å². The molecule has 1 saturated carbocycles. The van der Waals surface area contributed by atoms with Gasteiger partial charge in [0, 0.05) is 16.7 Å². The second kappa shape index (κ2) is 6.13. The van der Waals surface area contributed by atoms with Gasteiger partial charge < -0.3 is 5.32 Å². The average molecular weight is 379 g/mol. The van der Waals surface area contributed by atoms with Gasteiger partial charge in [0.2, 0.25) is 0 Å². The van der Waals surface area contributed by atoms with E-state index in [4.69, 9.17) is 4.98 Å². The Bertz CT molecular complexity index is 1130. The molecule has 0 bridgehead atoms. The van der Waals surface area contributed by atoms with Crippen molar-refractivity contribution in [2.24, 2.45) is 0 Å². The lowest BCUT2D eigenvalue weighted by molar-refractivity contribution is 0.630. The molecule has 1 aliphatic rings. The number of hydrogen-bond acceptors (Lipinski definition) is 5. The molecule has 3 heterocycles. The van der Waals surface area contributed by atoms with Gasteiger partial charge in [-0.15, -0.1) is 0 Å². The van der Waals surface area contributed by atoms with Gasteiger partial charge in [-0.25, -0.2) is 14.4 Å². The number of fused-ring (bicyclic) bond motifs is 1. The van der Waals surface area contributed by atoms with Crippen LogP contribution in [0.1, 0.15) is 26.2 Å². The van der Waals surface area contributed by atoms with Gasteiger partial charge in [-0.2, -0.15) is 5.10 Å². The zero-order valence-corrected chi connectivity index (χ0v) is 15.6. The van der Waals surface area contributed by atoms with Crippen LogP contribution in [0.2, 0.25) is 0 Å². The van der Waals surface area contributed by atoms with Crippen LogP contribution in [0.15, 0.2) is 42.6 Å². The molecule has 5 nitrogen and oxygen atoms in total. The molecule has 5 rings (SSSR count). The van der Waals surface area contributed by atoms with Crippen LogP contribution in [0.25, 0.3) is 32.9 Å². The minimum Gasteiger partial charge on any atom is -0.356 e. The number of thiazole rings is 1. The monoisotopic (exact) mass is 379 g/mol. The summed E-state index contributed by atoms with van der Waals surface area (Å²) in [5, 5.41) is 11.5. The maximum absolute atomic E-state index is 14.2. The fourth-order valence-corrected chi connectivity index (χ4v) is 4.27. The predicted molar refractivity (Wildman–Crippen MR) is 106 cm³/mol. The number of anilines is 1. The summed E-state index contributed by atoms with van der Waals surface area (Å²) < 4.78 is 14.2. The molecular weight excluding hydrogens is 361 g/mol. The molecule has 0 unspecified atom stereocenters. The number of hydrogen-bond donors (Lipinski definition) is 2. The molecule has 136 valence electrons. The van der Waals surface area contributed by atoms with Crippen molar-refractivity contribution in [3.8, 4) is 22.5 Å². The Labute approximate surface area is 159 Å². The van der Waals surface area contributed by atoms with Gasteiger partial charge in [0.25, 0.3) is 0 Å². The Balaban J connectivity index is 1.53. The molecule has 0 saturated heterocycles. The van der Waals surface area contributed by atoms with Crippen LogP contribution in [-0.2, 0) is 0 Å². The average Bonchev–Trinajstić information content (AvgIpc) is 3.11. The number of benzene rings is 1. The van der Waals surface area contributed by atoms with E-state index >= 15 is 0 Å². The van der Waals surface area contributed by atoms with E-state index in [1.54, 1.807) is 29.7 Å². The summed E-state index contributed by atoms with van der Waals surface area (Å²) in [5.74, 6) is -0.289. The van der Waals surface area contributed by atoms with E-state index in [-0.39, 0.29) is 11.4 Å². The van der Waals surface area contributed by atoms with E-state index in [9.17, 15) is 4.39 Å². The largest absolute Gasteiger partial charge is 0.356 e. The molecular formula is C20H18FN5S. The lowest BCUT2D eigenvalue weighted by Gasteiger charge is -2.12. The van der Waals surface area contributed by atoms with Crippen LogP contribution < -0.4 is 5.32 Å². The molecule has 4 aromatic rings. The number of nitrogens with zero attached hydrogens (tertiary/aromatic N) is 3. The summed E-state index contributed by atoms with van der Waals surface area (Å²) >= 11 is 1.56. The van der Waals surface area contributed by atoms with Crippen LogP contribution in [0.4, 0.5) is 9.52 Å². The van der Waals surface area contributed by atoms with E-state index < -0.39 is 0 Å². The number of aromatic amines is 1. The lowest BCUT2D eigenvalue weighted by Crippen LogP contribution is -2.19. The third-order valence-corrected chi connectivity index (χ3v) is 6.10. The SMILES string of the molecule is CCC1(Nc2nc3ccc(-c4cn[nH]c4-c4ccccc4F)nc3s2)CC1. The lowest BCUT2D eigenvalue weighted by atomic mass is 10.1. The van der Waals surface area contributed by atoms with Crippen molar-refractivity contribution in [2.45, 2.75) is 31.7 Å². The van der Waals surface area contributed by atoms with Crippen molar-refractivity contribution in [3.63, 3.8) is 0 Å². The summed E-state index contributed by atoms with van der Waals surface area (Å²) in [4.78, 5) is 10.3. The molecule has 0 aliphatic heterocycles. The first kappa shape index (κ1) is 16.4. The van der Waals surface area contributed by atoms with E-state index in [0.717, 1.165) is 33.2 Å². The van der Waals surface area contributed by atoms with Crippen LogP contribution in [0.5, 0.6) is 0 Å². The minimum atomic E-state index is -0.289. The fourth-order valence-electron chi connectivity index (χ4n) is 3.31. The van der Waals surface area contributed by atoms with Gasteiger partial charge in [0.1, 0.15) is 16.2 Å². The van der Waals surface area contributed by atoms with Crippen molar-refractivity contribution < 1.29 is 4.39 Å². The van der Waals surface area contributed by atoms with Gasteiger partial charge in [-0.1, -0.05) is 30.4 Å². The van der Waals surface area contributed by atoms with Gasteiger partial charge in [0.05, 0.1) is 17.6 Å². The standard InChI is InChI=1S/C20H18FN5S/c1-2-20(9-10-20)25-19-24-16-8-7-15(23-18(16)27-19)13-11-22-26-17(13)12-5-3-4-6-14(12)21/h3-8,11H,2,9-10H2,1H3,(H,22,26)(H,24,25). The Hall–Kier alpha value is -2.80. The number of nitrogens with one attached hydrogen (secondary N) is 2. The second-order valence-electron chi connectivity index (χ2n) is 6.94. The normalized spacial score (nSPS) is 15.2. The van der Waals surface area contributed by atoms with Crippen LogP contribution >= 0.6 is 11.3 Å². The highest BCUT2D eigenvalue weighted by Crippen LogP contribution is 2.43. The molecule has 1 aromatic carbocycles. The Morgan fingerprint density at radius 1 is 1.15 bits per heavy atom. The second-order valence-corrected chi connectivity index (χ2v) is 7.91. The highest BCUT2D eigenvalue weighted by molar-refractivity contribution is 7.21. The van der Waals surface area contributed by atoms with Gasteiger partial charge >= 0.3 is 0 Å². The van der Waals surface area contributed by atoms with Crippen LogP contribution in [0, 0.1) is 5.82 Å². The molecule has 27 heavy (non-hydrogen) atoms. The quantitative estimate of drug-likeness (QED) is 0.497. The molecule has 0 atom stereocenters. The maximum Gasteiger partial charge on any atom is 0.185 e. The smallest absolute Gasteiger partial charge is 0.185 e. The van der Waals surface area contributed by atoms with E-state index in [0.29, 0.717) is 11.3 Å². The zero-order chi connectivity index (χ0) is 18.4. The zero-order valence-electron chi connectivity index (χ0n) is 14.8.